The van der Waals surface area contributed by atoms with Crippen molar-refractivity contribution in [1.29, 1.82) is 0 Å². The summed E-state index contributed by atoms with van der Waals surface area (Å²) in [5.74, 6) is -0.380. The van der Waals surface area contributed by atoms with Gasteiger partial charge in [-0.1, -0.05) is 193 Å². The van der Waals surface area contributed by atoms with Crippen LogP contribution >= 0.6 is 0 Å². The first-order valence-electron chi connectivity index (χ1n) is 27.8. The van der Waals surface area contributed by atoms with Gasteiger partial charge in [0.15, 0.2) is 12.6 Å². The molecular weight excluding hydrogens is 873 g/mol. The zero-order chi connectivity index (χ0) is 49.5. The normalized spacial score (nSPS) is 25.9. The average molecular weight is 975 g/mol. The van der Waals surface area contributed by atoms with Crippen LogP contribution in [0.3, 0.4) is 0 Å². The number of carbonyl (C=O) groups is 1. The second-order valence-corrected chi connectivity index (χ2v) is 19.8. The first kappa shape index (κ1) is 62.8. The molecule has 2 rings (SSSR count). The molecule has 14 nitrogen and oxygen atoms in total. The van der Waals surface area contributed by atoms with Crippen molar-refractivity contribution < 1.29 is 69.0 Å². The van der Waals surface area contributed by atoms with Gasteiger partial charge in [0.25, 0.3) is 0 Å². The van der Waals surface area contributed by atoms with Gasteiger partial charge in [-0.2, -0.15) is 0 Å². The summed E-state index contributed by atoms with van der Waals surface area (Å²) in [6.45, 7) is 3.72. The Hall–Kier alpha value is -1.27. The lowest BCUT2D eigenvalue weighted by Crippen LogP contribution is -2.61. The summed E-state index contributed by atoms with van der Waals surface area (Å²) >= 11 is 0. The topological polar surface area (TPSA) is 214 Å². The zero-order valence-corrected chi connectivity index (χ0v) is 42.9. The van der Waals surface area contributed by atoms with Crippen LogP contribution in [0.5, 0.6) is 0 Å². The Labute approximate surface area is 412 Å². The van der Waals surface area contributed by atoms with Crippen molar-refractivity contribution in [3.63, 3.8) is 0 Å². The Balaban J connectivity index is 1.73. The Morgan fingerprint density at radius 1 is 0.471 bits per heavy atom. The molecule has 0 amide bonds. The molecule has 0 aromatic rings. The maximum absolute atomic E-state index is 13.0. The number of aliphatic hydroxyl groups excluding tert-OH is 7. The van der Waals surface area contributed by atoms with E-state index in [0.717, 1.165) is 57.8 Å². The van der Waals surface area contributed by atoms with Gasteiger partial charge in [-0.15, -0.1) is 0 Å². The summed E-state index contributed by atoms with van der Waals surface area (Å²) in [5, 5.41) is 72.2. The molecule has 0 aliphatic carbocycles. The summed E-state index contributed by atoms with van der Waals surface area (Å²) in [4.78, 5) is 13.0. The number of hydrogen-bond acceptors (Lipinski definition) is 14. The van der Waals surface area contributed by atoms with E-state index in [0.29, 0.717) is 13.0 Å². The highest BCUT2D eigenvalue weighted by molar-refractivity contribution is 5.69. The van der Waals surface area contributed by atoms with Crippen LogP contribution in [-0.2, 0) is 33.2 Å². The SMILES string of the molecule is CCCCCCCC/C=C\CCCCCCCC(=O)OC(COCCCCCCCCCCCCCCCCCCCCC)COC1OC(COC2OC(CO)C(O)C(O)C2O)C(O)C(O)C1O. The minimum absolute atomic E-state index is 0.0643. The molecule has 14 heteroatoms. The van der Waals surface area contributed by atoms with Crippen LogP contribution in [0, 0.1) is 0 Å². The molecule has 2 heterocycles. The van der Waals surface area contributed by atoms with Crippen molar-refractivity contribution in [1.82, 2.24) is 0 Å². The minimum atomic E-state index is -1.70. The highest BCUT2D eigenvalue weighted by Crippen LogP contribution is 2.27. The maximum atomic E-state index is 13.0. The predicted octanol–water partition coefficient (Wildman–Crippen LogP) is 9.02. The fourth-order valence-corrected chi connectivity index (χ4v) is 8.99. The third-order valence-electron chi connectivity index (χ3n) is 13.5. The largest absolute Gasteiger partial charge is 0.457 e. The summed E-state index contributed by atoms with van der Waals surface area (Å²) in [6, 6.07) is 0. The second kappa shape index (κ2) is 42.3. The molecule has 11 unspecified atom stereocenters. The van der Waals surface area contributed by atoms with Crippen molar-refractivity contribution in [2.45, 2.75) is 293 Å². The van der Waals surface area contributed by atoms with Crippen LogP contribution < -0.4 is 0 Å². The highest BCUT2D eigenvalue weighted by atomic mass is 16.7. The van der Waals surface area contributed by atoms with Crippen LogP contribution in [0.1, 0.15) is 226 Å². The first-order chi connectivity index (χ1) is 33.1. The monoisotopic (exact) mass is 975 g/mol. The van der Waals surface area contributed by atoms with E-state index in [1.54, 1.807) is 0 Å². The fraction of sp³-hybridized carbons (Fsp3) is 0.944. The minimum Gasteiger partial charge on any atom is -0.457 e. The molecule has 7 N–H and O–H groups in total. The molecule has 11 atom stereocenters. The number of rotatable bonds is 45. The molecule has 2 fully saturated rings. The lowest BCUT2D eigenvalue weighted by Gasteiger charge is -2.42. The molecule has 2 aliphatic rings. The van der Waals surface area contributed by atoms with Crippen molar-refractivity contribution in [2.24, 2.45) is 0 Å². The van der Waals surface area contributed by atoms with E-state index >= 15 is 0 Å². The smallest absolute Gasteiger partial charge is 0.306 e. The van der Waals surface area contributed by atoms with Crippen LogP contribution in [0.4, 0.5) is 0 Å². The van der Waals surface area contributed by atoms with Crippen LogP contribution in [0.15, 0.2) is 12.2 Å². The van der Waals surface area contributed by atoms with Gasteiger partial charge in [-0.25, -0.2) is 0 Å². The number of allylic oxidation sites excluding steroid dienone is 2. The van der Waals surface area contributed by atoms with Crippen molar-refractivity contribution in [3.05, 3.63) is 12.2 Å². The Morgan fingerprint density at radius 2 is 0.868 bits per heavy atom. The molecule has 0 spiro atoms. The number of carbonyl (C=O) groups excluding carboxylic acids is 1. The Kier molecular flexibility index (Phi) is 39.1. The van der Waals surface area contributed by atoms with Gasteiger partial charge in [0.05, 0.1) is 26.4 Å². The van der Waals surface area contributed by atoms with E-state index in [9.17, 15) is 40.5 Å². The van der Waals surface area contributed by atoms with E-state index in [4.69, 9.17) is 28.4 Å². The van der Waals surface area contributed by atoms with Crippen molar-refractivity contribution in [3.8, 4) is 0 Å². The van der Waals surface area contributed by atoms with Gasteiger partial charge < -0.3 is 64.2 Å². The average Bonchev–Trinajstić information content (AvgIpc) is 3.33. The van der Waals surface area contributed by atoms with E-state index < -0.39 is 80.7 Å². The molecule has 0 radical (unpaired) electrons. The van der Waals surface area contributed by atoms with Crippen molar-refractivity contribution in [2.75, 3.05) is 33.0 Å². The molecule has 402 valence electrons. The van der Waals surface area contributed by atoms with Crippen molar-refractivity contribution >= 4 is 5.97 Å². The highest BCUT2D eigenvalue weighted by Gasteiger charge is 2.47. The number of hydrogen-bond donors (Lipinski definition) is 7. The fourth-order valence-electron chi connectivity index (χ4n) is 8.99. The molecule has 0 aromatic carbocycles. The van der Waals surface area contributed by atoms with Gasteiger partial charge in [0, 0.05) is 13.0 Å². The zero-order valence-electron chi connectivity index (χ0n) is 42.9. The number of esters is 1. The maximum Gasteiger partial charge on any atom is 0.306 e. The number of unbranched alkanes of at least 4 members (excludes halogenated alkanes) is 29. The first-order valence-corrected chi connectivity index (χ1v) is 27.8. The van der Waals surface area contributed by atoms with Gasteiger partial charge in [-0.05, 0) is 38.5 Å². The summed E-state index contributed by atoms with van der Waals surface area (Å²) < 4.78 is 34.3. The molecular formula is C54H102O14. The lowest BCUT2D eigenvalue weighted by atomic mass is 9.98. The van der Waals surface area contributed by atoms with Gasteiger partial charge in [0.2, 0.25) is 0 Å². The third kappa shape index (κ3) is 29.3. The van der Waals surface area contributed by atoms with Gasteiger partial charge >= 0.3 is 5.97 Å². The summed E-state index contributed by atoms with van der Waals surface area (Å²) in [7, 11) is 0. The quantitative estimate of drug-likeness (QED) is 0.0172. The molecule has 68 heavy (non-hydrogen) atoms. The van der Waals surface area contributed by atoms with Gasteiger partial charge in [-0.3, -0.25) is 4.79 Å². The third-order valence-corrected chi connectivity index (χ3v) is 13.5. The van der Waals surface area contributed by atoms with E-state index in [-0.39, 0.29) is 25.6 Å². The summed E-state index contributed by atoms with van der Waals surface area (Å²) in [5.41, 5.74) is 0. The van der Waals surface area contributed by atoms with Crippen LogP contribution in [-0.4, -0.2) is 142 Å². The molecule has 0 bridgehead atoms. The molecule has 2 saturated heterocycles. The summed E-state index contributed by atoms with van der Waals surface area (Å²) in [6.07, 6.45) is 28.4. The standard InChI is InChI=1S/C54H102O14/c1-3-5-7-9-11-13-15-17-19-20-21-22-24-26-28-30-32-34-36-38-63-40-43(66-46(56)37-35-33-31-29-27-25-23-18-16-14-12-10-8-6-4-2)41-64-53-52(62)50(60)48(58)45(68-53)42-65-54-51(61)49(59)47(57)44(39-55)67-54/h18,23,43-45,47-55,57-62H,3-17,19-22,24-42H2,1-2H3/b23-18-. The molecule has 0 saturated carbocycles. The lowest BCUT2D eigenvalue weighted by molar-refractivity contribution is -0.332. The number of ether oxygens (including phenoxy) is 6. The van der Waals surface area contributed by atoms with E-state index in [1.165, 1.54) is 141 Å². The molecule has 0 aromatic heterocycles. The Bertz CT molecular complexity index is 1180. The van der Waals surface area contributed by atoms with Crippen LogP contribution in [0.2, 0.25) is 0 Å². The van der Waals surface area contributed by atoms with Gasteiger partial charge in [0.1, 0.15) is 54.9 Å². The molecule has 2 aliphatic heterocycles. The number of aliphatic hydroxyl groups is 7. The van der Waals surface area contributed by atoms with Crippen LogP contribution in [0.25, 0.3) is 0 Å². The van der Waals surface area contributed by atoms with E-state index in [2.05, 4.69) is 26.0 Å². The second-order valence-electron chi connectivity index (χ2n) is 19.8. The Morgan fingerprint density at radius 3 is 1.34 bits per heavy atom. The van der Waals surface area contributed by atoms with E-state index in [1.807, 2.05) is 0 Å². The predicted molar refractivity (Wildman–Crippen MR) is 266 cm³/mol.